The maximum atomic E-state index is 14.3. The van der Waals surface area contributed by atoms with Crippen LogP contribution < -0.4 is 5.32 Å². The molecule has 1 saturated heterocycles. The van der Waals surface area contributed by atoms with E-state index in [4.69, 9.17) is 23.2 Å². The normalized spacial score (nSPS) is 19.3. The second-order valence-corrected chi connectivity index (χ2v) is 9.73. The number of aromatic nitrogens is 1. The van der Waals surface area contributed by atoms with Gasteiger partial charge in [0.2, 0.25) is 0 Å². The van der Waals surface area contributed by atoms with Gasteiger partial charge >= 0.3 is 0 Å². The molecule has 1 fully saturated rings. The Morgan fingerprint density at radius 1 is 1.12 bits per heavy atom. The fourth-order valence-corrected chi connectivity index (χ4v) is 5.45. The lowest BCUT2D eigenvalue weighted by Gasteiger charge is -2.42. The van der Waals surface area contributed by atoms with Crippen molar-refractivity contribution in [2.24, 2.45) is 0 Å². The van der Waals surface area contributed by atoms with Gasteiger partial charge in [-0.15, -0.1) is 0 Å². The summed E-state index contributed by atoms with van der Waals surface area (Å²) in [7, 11) is 0. The highest BCUT2D eigenvalue weighted by Crippen LogP contribution is 2.49. The first-order valence-electron chi connectivity index (χ1n) is 11.3. The number of hydrogen-bond acceptors (Lipinski definition) is 4. The fraction of sp³-hybridized carbons (Fsp3) is 0.259. The van der Waals surface area contributed by atoms with E-state index in [0.29, 0.717) is 5.56 Å². The van der Waals surface area contributed by atoms with Crippen LogP contribution in [0.2, 0.25) is 10.2 Å². The third-order valence-electron chi connectivity index (χ3n) is 6.94. The van der Waals surface area contributed by atoms with Crippen LogP contribution in [0, 0.1) is 5.82 Å². The number of likely N-dealkylation sites (tertiary alicyclic amines) is 1. The smallest absolute Gasteiger partial charge is 0.186 e. The lowest BCUT2D eigenvalue weighted by atomic mass is 9.68. The number of pyridine rings is 1. The number of halogens is 3. The quantitative estimate of drug-likeness (QED) is 0.335. The van der Waals surface area contributed by atoms with E-state index < -0.39 is 11.5 Å². The monoisotopic (exact) mass is 495 g/mol. The van der Waals surface area contributed by atoms with Gasteiger partial charge in [-0.2, -0.15) is 0 Å². The Bertz CT molecular complexity index is 1240. The first kappa shape index (κ1) is 23.0. The number of nitrogens with one attached hydrogen (secondary N) is 1. The lowest BCUT2D eigenvalue weighted by Crippen LogP contribution is -2.51. The molecule has 4 nitrogen and oxygen atoms in total. The van der Waals surface area contributed by atoms with Crippen molar-refractivity contribution in [3.63, 3.8) is 0 Å². The number of hydrogen-bond donors (Lipinski definition) is 1. The summed E-state index contributed by atoms with van der Waals surface area (Å²) in [6.45, 7) is 2.42. The molecular formula is C27H24Cl2FN3O. The highest BCUT2D eigenvalue weighted by molar-refractivity contribution is 6.30. The van der Waals surface area contributed by atoms with E-state index in [-0.39, 0.29) is 16.8 Å². The number of carbonyl (C=O) groups is 1. The van der Waals surface area contributed by atoms with Gasteiger partial charge in [0.15, 0.2) is 5.78 Å². The number of Topliss-reactive ketones (excluding diaryl/α,β-unsaturated/α-hetero) is 1. The molecule has 0 amide bonds. The van der Waals surface area contributed by atoms with Crippen molar-refractivity contribution in [1.29, 1.82) is 0 Å². The van der Waals surface area contributed by atoms with Gasteiger partial charge in [0.25, 0.3) is 0 Å². The van der Waals surface area contributed by atoms with E-state index in [1.165, 1.54) is 6.07 Å². The Balaban J connectivity index is 1.36. The molecule has 1 aromatic heterocycles. The molecule has 1 unspecified atom stereocenters. The Labute approximate surface area is 208 Å². The number of fused-ring (bicyclic) bond motifs is 2. The number of carbonyl (C=O) groups excluding carboxylic acids is 1. The van der Waals surface area contributed by atoms with Gasteiger partial charge in [-0.1, -0.05) is 47.5 Å². The van der Waals surface area contributed by atoms with Gasteiger partial charge in [0.05, 0.1) is 6.04 Å². The summed E-state index contributed by atoms with van der Waals surface area (Å²) in [5.74, 6) is -0.328. The molecule has 0 radical (unpaired) electrons. The zero-order chi connectivity index (χ0) is 23.7. The van der Waals surface area contributed by atoms with E-state index in [9.17, 15) is 9.18 Å². The van der Waals surface area contributed by atoms with Crippen molar-refractivity contribution in [1.82, 2.24) is 9.88 Å². The topological polar surface area (TPSA) is 45.2 Å². The highest BCUT2D eigenvalue weighted by atomic mass is 35.5. The number of anilines is 1. The van der Waals surface area contributed by atoms with E-state index in [1.807, 2.05) is 24.3 Å². The summed E-state index contributed by atoms with van der Waals surface area (Å²) in [6.07, 6.45) is 7.27. The van der Waals surface area contributed by atoms with Crippen molar-refractivity contribution >= 4 is 40.7 Å². The Morgan fingerprint density at radius 2 is 1.88 bits per heavy atom. The molecular weight excluding hydrogens is 472 g/mol. The van der Waals surface area contributed by atoms with Crippen LogP contribution in [0.3, 0.4) is 0 Å². The average molecular weight is 496 g/mol. The summed E-state index contributed by atoms with van der Waals surface area (Å²) in [4.78, 5) is 19.9. The summed E-state index contributed by atoms with van der Waals surface area (Å²) in [5, 5.41) is 4.40. The minimum absolute atomic E-state index is 0.0445. The van der Waals surface area contributed by atoms with Gasteiger partial charge in [-0.05, 0) is 79.5 Å². The Hall–Kier alpha value is -2.73. The number of piperidine rings is 1. The Kier molecular flexibility index (Phi) is 6.43. The molecule has 174 valence electrons. The van der Waals surface area contributed by atoms with E-state index in [1.54, 1.807) is 30.5 Å². The predicted octanol–water partition coefficient (Wildman–Crippen LogP) is 6.25. The van der Waals surface area contributed by atoms with Crippen LogP contribution in [0.1, 0.15) is 34.3 Å². The summed E-state index contributed by atoms with van der Waals surface area (Å²) < 4.78 is 14.3. The molecule has 5 rings (SSSR count). The molecule has 2 aliphatic rings. The van der Waals surface area contributed by atoms with Crippen molar-refractivity contribution < 1.29 is 9.18 Å². The van der Waals surface area contributed by atoms with Gasteiger partial charge in [0, 0.05) is 34.4 Å². The lowest BCUT2D eigenvalue weighted by molar-refractivity contribution is 0.0879. The SMILES string of the molecule is O=C(c1ccnc(Cl)c1)C1Nc2ccc(F)cc2C12CCN(C/C=C/c1ccc(Cl)cc1)CC2. The standard InChI is InChI=1S/C27H24Cl2FN3O/c28-20-5-3-18(4-6-20)2-1-13-33-14-10-27(11-15-33)22-17-21(30)7-8-23(22)32-26(27)25(34)19-9-12-31-24(29)16-19/h1-9,12,16-17,26,32H,10-11,13-15H2/b2-1+. The first-order chi connectivity index (χ1) is 16.4. The van der Waals surface area contributed by atoms with E-state index >= 15 is 0 Å². The van der Waals surface area contributed by atoms with Gasteiger partial charge in [-0.25, -0.2) is 9.37 Å². The second-order valence-electron chi connectivity index (χ2n) is 8.91. The number of nitrogens with zero attached hydrogens (tertiary/aromatic N) is 2. The van der Waals surface area contributed by atoms with Crippen LogP contribution in [0.15, 0.2) is 66.9 Å². The highest BCUT2D eigenvalue weighted by Gasteiger charge is 2.51. The molecule has 0 aliphatic carbocycles. The zero-order valence-electron chi connectivity index (χ0n) is 18.5. The molecule has 3 aromatic rings. The third kappa shape index (κ3) is 4.48. The molecule has 2 aromatic carbocycles. The summed E-state index contributed by atoms with van der Waals surface area (Å²) in [5.41, 5.74) is 2.86. The molecule has 2 aliphatic heterocycles. The molecule has 34 heavy (non-hydrogen) atoms. The number of rotatable bonds is 5. The number of benzene rings is 2. The van der Waals surface area contributed by atoms with Gasteiger partial charge < -0.3 is 5.32 Å². The van der Waals surface area contributed by atoms with Crippen LogP contribution in [-0.2, 0) is 5.41 Å². The second kappa shape index (κ2) is 9.49. The molecule has 1 atom stereocenters. The molecule has 1 N–H and O–H groups in total. The predicted molar refractivity (Wildman–Crippen MR) is 135 cm³/mol. The van der Waals surface area contributed by atoms with Gasteiger partial charge in [-0.3, -0.25) is 9.69 Å². The molecule has 7 heteroatoms. The fourth-order valence-electron chi connectivity index (χ4n) is 5.15. The molecule has 1 spiro atoms. The van der Waals surface area contributed by atoms with Crippen molar-refractivity contribution in [2.45, 2.75) is 24.3 Å². The van der Waals surface area contributed by atoms with Crippen molar-refractivity contribution in [3.05, 3.63) is 99.6 Å². The number of ketones is 1. The molecule has 3 heterocycles. The zero-order valence-corrected chi connectivity index (χ0v) is 20.0. The maximum absolute atomic E-state index is 14.3. The van der Waals surface area contributed by atoms with Gasteiger partial charge in [0.1, 0.15) is 11.0 Å². The van der Waals surface area contributed by atoms with Crippen LogP contribution in [-0.4, -0.2) is 41.3 Å². The maximum Gasteiger partial charge on any atom is 0.186 e. The minimum atomic E-state index is -0.477. The van der Waals surface area contributed by atoms with E-state index in [2.05, 4.69) is 27.4 Å². The van der Waals surface area contributed by atoms with Crippen LogP contribution in [0.5, 0.6) is 0 Å². The van der Waals surface area contributed by atoms with Crippen LogP contribution >= 0.6 is 23.2 Å². The average Bonchev–Trinajstić information content (AvgIpc) is 3.14. The minimum Gasteiger partial charge on any atom is -0.374 e. The van der Waals surface area contributed by atoms with Crippen molar-refractivity contribution in [2.75, 3.05) is 25.0 Å². The summed E-state index contributed by atoms with van der Waals surface area (Å²) in [6, 6.07) is 15.3. The van der Waals surface area contributed by atoms with E-state index in [0.717, 1.165) is 54.3 Å². The third-order valence-corrected chi connectivity index (χ3v) is 7.39. The van der Waals surface area contributed by atoms with Crippen LogP contribution in [0.25, 0.3) is 6.08 Å². The first-order valence-corrected chi connectivity index (χ1v) is 12.1. The molecule has 0 saturated carbocycles. The largest absolute Gasteiger partial charge is 0.374 e. The Morgan fingerprint density at radius 3 is 2.62 bits per heavy atom. The summed E-state index contributed by atoms with van der Waals surface area (Å²) >= 11 is 12.0. The van der Waals surface area contributed by atoms with Crippen molar-refractivity contribution in [3.8, 4) is 0 Å². The molecule has 0 bridgehead atoms. The van der Waals surface area contributed by atoms with Crippen LogP contribution in [0.4, 0.5) is 10.1 Å².